The number of carbonyl (C=O) groups excluding carboxylic acids is 1. The number of para-hydroxylation sites is 1. The first-order valence-corrected chi connectivity index (χ1v) is 6.51. The highest BCUT2D eigenvalue weighted by Gasteiger charge is 2.15. The largest absolute Gasteiger partial charge is 0.434 e. The third kappa shape index (κ3) is 3.20. The van der Waals surface area contributed by atoms with Crippen LogP contribution in [0.3, 0.4) is 0 Å². The molecule has 0 saturated carbocycles. The molecule has 0 spiro atoms. The summed E-state index contributed by atoms with van der Waals surface area (Å²) in [5.74, 6) is -1.46. The molecule has 0 unspecified atom stereocenters. The lowest BCUT2D eigenvalue weighted by Crippen LogP contribution is -2.14. The van der Waals surface area contributed by atoms with Crippen LogP contribution in [0.4, 0.5) is 14.5 Å². The van der Waals surface area contributed by atoms with Gasteiger partial charge in [0.05, 0.1) is 11.1 Å². The summed E-state index contributed by atoms with van der Waals surface area (Å²) in [6.45, 7) is -3.03. The number of amides is 1. The summed E-state index contributed by atoms with van der Waals surface area (Å²) in [6.07, 6.45) is 0. The van der Waals surface area contributed by atoms with Crippen molar-refractivity contribution in [2.45, 2.75) is 6.61 Å². The number of H-pyrrole nitrogens is 1. The van der Waals surface area contributed by atoms with Gasteiger partial charge in [0.25, 0.3) is 5.91 Å². The number of benzene rings is 2. The smallest absolute Gasteiger partial charge is 0.417 e. The van der Waals surface area contributed by atoms with Crippen molar-refractivity contribution in [3.8, 4) is 5.75 Å². The van der Waals surface area contributed by atoms with Gasteiger partial charge in [-0.2, -0.15) is 8.78 Å². The Bertz CT molecular complexity index is 917. The van der Waals surface area contributed by atoms with E-state index in [1.165, 1.54) is 42.5 Å². The van der Waals surface area contributed by atoms with E-state index in [2.05, 4.69) is 15.0 Å². The molecule has 1 aromatic heterocycles. The van der Waals surface area contributed by atoms with E-state index in [0.717, 1.165) is 0 Å². The molecule has 0 aliphatic carbocycles. The number of anilines is 1. The summed E-state index contributed by atoms with van der Waals surface area (Å²) in [5.41, 5.74) is 1.08. The van der Waals surface area contributed by atoms with Crippen LogP contribution in [0, 0.1) is 0 Å². The maximum Gasteiger partial charge on any atom is 0.417 e. The molecule has 8 heteroatoms. The van der Waals surface area contributed by atoms with Gasteiger partial charge in [-0.25, -0.2) is 4.79 Å². The summed E-state index contributed by atoms with van der Waals surface area (Å²) in [6, 6.07) is 10.2. The Morgan fingerprint density at radius 3 is 2.78 bits per heavy atom. The minimum atomic E-state index is -3.03. The number of ether oxygens (including phenoxy) is 1. The Kier molecular flexibility index (Phi) is 3.80. The van der Waals surface area contributed by atoms with Gasteiger partial charge in [-0.15, -0.1) is 0 Å². The first-order chi connectivity index (χ1) is 11.0. The maximum absolute atomic E-state index is 12.4. The average molecular weight is 320 g/mol. The van der Waals surface area contributed by atoms with E-state index >= 15 is 0 Å². The number of nitrogens with one attached hydrogen (secondary N) is 2. The molecular formula is C15H10F2N2O4. The number of aromatic amines is 1. The highest BCUT2D eigenvalue weighted by molar-refractivity contribution is 6.06. The van der Waals surface area contributed by atoms with Crippen LogP contribution in [0.2, 0.25) is 0 Å². The van der Waals surface area contributed by atoms with Crippen LogP contribution in [0.5, 0.6) is 5.75 Å². The lowest BCUT2D eigenvalue weighted by molar-refractivity contribution is -0.0501. The second-order valence-corrected chi connectivity index (χ2v) is 4.55. The number of hydrogen-bond donors (Lipinski definition) is 2. The molecule has 0 aliphatic heterocycles. The Labute approximate surface area is 127 Å². The molecule has 2 N–H and O–H groups in total. The number of aromatic nitrogens is 1. The standard InChI is InChI=1S/C15H10F2N2O4/c16-14(17)22-11-4-2-1-3-9(11)13(20)18-8-5-6-12-10(7-8)19-15(21)23-12/h1-7,14H,(H,18,20)(H,19,21). The molecular weight excluding hydrogens is 310 g/mol. The summed E-state index contributed by atoms with van der Waals surface area (Å²) in [7, 11) is 0. The minimum absolute atomic E-state index is 0.0337. The Morgan fingerprint density at radius 2 is 2.00 bits per heavy atom. The van der Waals surface area contributed by atoms with Crippen molar-refractivity contribution in [2.75, 3.05) is 5.32 Å². The van der Waals surface area contributed by atoms with E-state index in [-0.39, 0.29) is 11.3 Å². The maximum atomic E-state index is 12.4. The van der Waals surface area contributed by atoms with Crippen LogP contribution in [-0.2, 0) is 0 Å². The molecule has 0 saturated heterocycles. The number of oxazole rings is 1. The number of rotatable bonds is 4. The van der Waals surface area contributed by atoms with E-state index in [9.17, 15) is 18.4 Å². The monoisotopic (exact) mass is 320 g/mol. The van der Waals surface area contributed by atoms with Crippen LogP contribution < -0.4 is 15.8 Å². The van der Waals surface area contributed by atoms with Gasteiger partial charge in [0.2, 0.25) is 0 Å². The lowest BCUT2D eigenvalue weighted by atomic mass is 10.2. The Hall–Kier alpha value is -3.16. The zero-order chi connectivity index (χ0) is 16.4. The van der Waals surface area contributed by atoms with Crippen LogP contribution in [0.15, 0.2) is 51.7 Å². The van der Waals surface area contributed by atoms with Crippen LogP contribution in [0.25, 0.3) is 11.1 Å². The van der Waals surface area contributed by atoms with Crippen molar-refractivity contribution in [3.05, 3.63) is 58.6 Å². The molecule has 1 heterocycles. The van der Waals surface area contributed by atoms with Gasteiger partial charge in [-0.1, -0.05) is 12.1 Å². The molecule has 1 amide bonds. The molecule has 6 nitrogen and oxygen atoms in total. The summed E-state index contributed by atoms with van der Waals surface area (Å²) in [5, 5.41) is 2.55. The van der Waals surface area contributed by atoms with Crippen molar-refractivity contribution < 1.29 is 22.7 Å². The SMILES string of the molecule is O=C(Nc1ccc2oc(=O)[nH]c2c1)c1ccccc1OC(F)F. The van der Waals surface area contributed by atoms with Crippen LogP contribution in [0.1, 0.15) is 10.4 Å². The molecule has 118 valence electrons. The molecule has 0 radical (unpaired) electrons. The van der Waals surface area contributed by atoms with Crippen molar-refractivity contribution in [1.82, 2.24) is 4.98 Å². The number of carbonyl (C=O) groups is 1. The zero-order valence-corrected chi connectivity index (χ0v) is 11.5. The van der Waals surface area contributed by atoms with Gasteiger partial charge < -0.3 is 14.5 Å². The Balaban J connectivity index is 1.87. The number of hydrogen-bond acceptors (Lipinski definition) is 4. The van der Waals surface area contributed by atoms with Gasteiger partial charge in [-0.05, 0) is 30.3 Å². The minimum Gasteiger partial charge on any atom is -0.434 e. The summed E-state index contributed by atoms with van der Waals surface area (Å²) >= 11 is 0. The number of alkyl halides is 2. The summed E-state index contributed by atoms with van der Waals surface area (Å²) in [4.78, 5) is 25.8. The van der Waals surface area contributed by atoms with Gasteiger partial charge in [0.1, 0.15) is 5.75 Å². The Morgan fingerprint density at radius 1 is 1.22 bits per heavy atom. The van der Waals surface area contributed by atoms with E-state index < -0.39 is 18.3 Å². The third-order valence-electron chi connectivity index (χ3n) is 3.02. The topological polar surface area (TPSA) is 84.3 Å². The second-order valence-electron chi connectivity index (χ2n) is 4.55. The fourth-order valence-electron chi connectivity index (χ4n) is 2.08. The predicted octanol–water partition coefficient (Wildman–Crippen LogP) is 2.97. The van der Waals surface area contributed by atoms with Crippen molar-refractivity contribution in [2.24, 2.45) is 0 Å². The fourth-order valence-corrected chi connectivity index (χ4v) is 2.08. The highest BCUT2D eigenvalue weighted by Crippen LogP contribution is 2.22. The van der Waals surface area contributed by atoms with Gasteiger partial charge in [-0.3, -0.25) is 9.78 Å². The first kappa shape index (κ1) is 14.8. The molecule has 0 aliphatic rings. The average Bonchev–Trinajstić information content (AvgIpc) is 2.86. The van der Waals surface area contributed by atoms with Gasteiger partial charge in [0.15, 0.2) is 5.58 Å². The van der Waals surface area contributed by atoms with Gasteiger partial charge >= 0.3 is 12.4 Å². The normalized spacial score (nSPS) is 10.9. The quantitative estimate of drug-likeness (QED) is 0.774. The number of halogens is 2. The molecule has 0 bridgehead atoms. The molecule has 23 heavy (non-hydrogen) atoms. The van der Waals surface area contributed by atoms with Crippen molar-refractivity contribution in [3.63, 3.8) is 0 Å². The second kappa shape index (κ2) is 5.91. The summed E-state index contributed by atoms with van der Waals surface area (Å²) < 4.78 is 33.9. The van der Waals surface area contributed by atoms with E-state index in [4.69, 9.17) is 4.42 Å². The van der Waals surface area contributed by atoms with E-state index in [0.29, 0.717) is 16.8 Å². The molecule has 3 aromatic rings. The van der Waals surface area contributed by atoms with Crippen molar-refractivity contribution in [1.29, 1.82) is 0 Å². The van der Waals surface area contributed by atoms with Crippen LogP contribution >= 0.6 is 0 Å². The van der Waals surface area contributed by atoms with Gasteiger partial charge in [0, 0.05) is 5.69 Å². The fraction of sp³-hybridized carbons (Fsp3) is 0.0667. The predicted molar refractivity (Wildman–Crippen MR) is 77.9 cm³/mol. The molecule has 2 aromatic carbocycles. The highest BCUT2D eigenvalue weighted by atomic mass is 19.3. The third-order valence-corrected chi connectivity index (χ3v) is 3.02. The first-order valence-electron chi connectivity index (χ1n) is 6.51. The molecule has 0 fully saturated rings. The molecule has 0 atom stereocenters. The lowest BCUT2D eigenvalue weighted by Gasteiger charge is -2.10. The molecule has 3 rings (SSSR count). The van der Waals surface area contributed by atoms with E-state index in [1.54, 1.807) is 0 Å². The number of fused-ring (bicyclic) bond motifs is 1. The zero-order valence-electron chi connectivity index (χ0n) is 11.5. The van der Waals surface area contributed by atoms with Crippen LogP contribution in [-0.4, -0.2) is 17.5 Å². The van der Waals surface area contributed by atoms with E-state index in [1.807, 2.05) is 0 Å². The van der Waals surface area contributed by atoms with Crippen molar-refractivity contribution >= 4 is 22.7 Å².